The second-order valence-electron chi connectivity index (χ2n) is 9.68. The van der Waals surface area contributed by atoms with Crippen LogP contribution < -0.4 is 5.32 Å². The highest BCUT2D eigenvalue weighted by atomic mass is 35.5. The number of nitrogens with zero attached hydrogens (tertiary/aromatic N) is 1. The van der Waals surface area contributed by atoms with Gasteiger partial charge in [0, 0.05) is 16.0 Å². The minimum absolute atomic E-state index is 0.0199. The Kier molecular flexibility index (Phi) is 7.23. The molecule has 7 nitrogen and oxygen atoms in total. The van der Waals surface area contributed by atoms with Crippen LogP contribution in [0.4, 0.5) is 5.69 Å². The number of fused-ring (bicyclic) bond motifs is 1. The number of likely N-dealkylation sites (tertiary alicyclic amines) is 1. The highest BCUT2D eigenvalue weighted by molar-refractivity contribution is 8.02. The normalized spacial score (nSPS) is 33.5. The van der Waals surface area contributed by atoms with Crippen molar-refractivity contribution in [2.75, 3.05) is 18.5 Å². The predicted molar refractivity (Wildman–Crippen MR) is 133 cm³/mol. The number of ether oxygens (including phenoxy) is 1. The monoisotopic (exact) mass is 508 g/mol. The van der Waals surface area contributed by atoms with Gasteiger partial charge in [0.1, 0.15) is 6.04 Å². The standard InChI is InChI=1S/C25H33ClN2O5S/c1-5-13(3)17(12-29)28-21(22(30)27-16-9-7-15(26)8-10-16)25-14(4)11-18(34-25)19(20(25)23(28)31)24(32)33-6-2/h7-10,13-14,17-21,29H,5-6,11-12H2,1-4H3,(H,27,30)/t13-,14?,17-,18-,19+,20-,21?,25?/m0/s1. The van der Waals surface area contributed by atoms with Crippen molar-refractivity contribution in [3.63, 3.8) is 0 Å². The molecule has 3 heterocycles. The second-order valence-corrected chi connectivity index (χ2v) is 11.7. The van der Waals surface area contributed by atoms with Crippen LogP contribution in [-0.4, -0.2) is 63.1 Å². The molecule has 1 aromatic carbocycles. The van der Waals surface area contributed by atoms with E-state index in [0.29, 0.717) is 10.7 Å². The van der Waals surface area contributed by atoms with Crippen LogP contribution in [-0.2, 0) is 19.1 Å². The van der Waals surface area contributed by atoms with Gasteiger partial charge < -0.3 is 20.1 Å². The number of hydrogen-bond donors (Lipinski definition) is 2. The van der Waals surface area contributed by atoms with Crippen molar-refractivity contribution in [3.05, 3.63) is 29.3 Å². The molecule has 2 amide bonds. The fraction of sp³-hybridized carbons (Fsp3) is 0.640. The molecule has 3 fully saturated rings. The number of carbonyl (C=O) groups excluding carboxylic acids is 3. The van der Waals surface area contributed by atoms with Gasteiger partial charge in [-0.05, 0) is 49.4 Å². The summed E-state index contributed by atoms with van der Waals surface area (Å²) in [5, 5.41) is 13.8. The summed E-state index contributed by atoms with van der Waals surface area (Å²) < 4.78 is 4.62. The van der Waals surface area contributed by atoms with E-state index in [9.17, 15) is 19.5 Å². The zero-order valence-electron chi connectivity index (χ0n) is 20.0. The third kappa shape index (κ3) is 3.82. The third-order valence-electron chi connectivity index (χ3n) is 7.95. The molecule has 1 aromatic rings. The molecular formula is C25H33ClN2O5S. The molecule has 2 bridgehead atoms. The van der Waals surface area contributed by atoms with Crippen molar-refractivity contribution < 1.29 is 24.2 Å². The molecule has 186 valence electrons. The summed E-state index contributed by atoms with van der Waals surface area (Å²) in [6.07, 6.45) is 1.48. The third-order valence-corrected chi connectivity index (χ3v) is 10.3. The number of halogens is 1. The molecule has 0 radical (unpaired) electrons. The predicted octanol–water partition coefficient (Wildman–Crippen LogP) is 3.59. The van der Waals surface area contributed by atoms with Crippen LogP contribution in [0.1, 0.15) is 40.5 Å². The van der Waals surface area contributed by atoms with Gasteiger partial charge in [0.25, 0.3) is 0 Å². The lowest BCUT2D eigenvalue weighted by atomic mass is 9.66. The Morgan fingerprint density at radius 2 is 2.00 bits per heavy atom. The molecule has 0 saturated carbocycles. The lowest BCUT2D eigenvalue weighted by molar-refractivity contribution is -0.154. The Bertz CT molecular complexity index is 959. The molecule has 0 aromatic heterocycles. The number of benzene rings is 1. The van der Waals surface area contributed by atoms with E-state index in [1.807, 2.05) is 13.8 Å². The SMILES string of the molecule is CCOC(=O)[C@@H]1[C@@H]2CC(C)C3(S2)C(C(=O)Nc2ccc(Cl)cc2)N([C@@H](CO)[C@@H](C)CC)C(=O)[C@H]13. The quantitative estimate of drug-likeness (QED) is 0.521. The topological polar surface area (TPSA) is 95.9 Å². The van der Waals surface area contributed by atoms with Gasteiger partial charge in [0.15, 0.2) is 0 Å². The zero-order chi connectivity index (χ0) is 24.8. The summed E-state index contributed by atoms with van der Waals surface area (Å²) in [7, 11) is 0. The van der Waals surface area contributed by atoms with Crippen molar-refractivity contribution >= 4 is 46.8 Å². The first-order chi connectivity index (χ1) is 16.2. The van der Waals surface area contributed by atoms with E-state index in [-0.39, 0.29) is 48.1 Å². The van der Waals surface area contributed by atoms with E-state index in [2.05, 4.69) is 12.2 Å². The van der Waals surface area contributed by atoms with Gasteiger partial charge >= 0.3 is 5.97 Å². The number of aliphatic hydroxyl groups excluding tert-OH is 1. The first kappa shape index (κ1) is 25.3. The van der Waals surface area contributed by atoms with Crippen molar-refractivity contribution in [2.45, 2.75) is 62.6 Å². The van der Waals surface area contributed by atoms with E-state index in [0.717, 1.165) is 12.8 Å². The number of carbonyl (C=O) groups is 3. The van der Waals surface area contributed by atoms with E-state index in [1.54, 1.807) is 47.9 Å². The number of amides is 2. The Labute approximate surface area is 209 Å². The minimum Gasteiger partial charge on any atom is -0.466 e. The van der Waals surface area contributed by atoms with Gasteiger partial charge in [-0.3, -0.25) is 14.4 Å². The van der Waals surface area contributed by atoms with Crippen LogP contribution in [0.2, 0.25) is 5.02 Å². The lowest BCUT2D eigenvalue weighted by Gasteiger charge is -2.41. The van der Waals surface area contributed by atoms with Crippen LogP contribution in [0, 0.1) is 23.7 Å². The molecule has 3 aliphatic heterocycles. The molecule has 3 saturated heterocycles. The maximum atomic E-state index is 14.1. The fourth-order valence-electron chi connectivity index (χ4n) is 6.18. The van der Waals surface area contributed by atoms with Gasteiger partial charge in [-0.15, -0.1) is 11.8 Å². The number of esters is 1. The van der Waals surface area contributed by atoms with Crippen LogP contribution in [0.3, 0.4) is 0 Å². The number of hydrogen-bond acceptors (Lipinski definition) is 6. The molecule has 3 aliphatic rings. The summed E-state index contributed by atoms with van der Waals surface area (Å²) in [5.74, 6) is -2.10. The van der Waals surface area contributed by atoms with Crippen molar-refractivity contribution in [2.24, 2.45) is 23.7 Å². The highest BCUT2D eigenvalue weighted by Gasteiger charge is 2.77. The second kappa shape index (κ2) is 9.70. The minimum atomic E-state index is -0.809. The van der Waals surface area contributed by atoms with Gasteiger partial charge in [0.2, 0.25) is 11.8 Å². The van der Waals surface area contributed by atoms with Gasteiger partial charge in [-0.25, -0.2) is 0 Å². The maximum absolute atomic E-state index is 14.1. The smallest absolute Gasteiger partial charge is 0.310 e. The van der Waals surface area contributed by atoms with Crippen molar-refractivity contribution in [3.8, 4) is 0 Å². The maximum Gasteiger partial charge on any atom is 0.310 e. The summed E-state index contributed by atoms with van der Waals surface area (Å²) in [6, 6.07) is 5.50. The molecule has 3 unspecified atom stereocenters. The zero-order valence-corrected chi connectivity index (χ0v) is 21.6. The molecule has 0 aliphatic carbocycles. The average Bonchev–Trinajstić information content (AvgIpc) is 3.40. The van der Waals surface area contributed by atoms with Crippen molar-refractivity contribution in [1.29, 1.82) is 0 Å². The van der Waals surface area contributed by atoms with E-state index < -0.39 is 28.7 Å². The molecule has 34 heavy (non-hydrogen) atoms. The number of nitrogens with one attached hydrogen (secondary N) is 1. The van der Waals surface area contributed by atoms with E-state index in [1.165, 1.54) is 0 Å². The summed E-state index contributed by atoms with van der Waals surface area (Å²) in [6.45, 7) is 7.79. The van der Waals surface area contributed by atoms with Crippen LogP contribution in [0.5, 0.6) is 0 Å². The summed E-state index contributed by atoms with van der Waals surface area (Å²) in [5.41, 5.74) is 0.581. The molecule has 2 N–H and O–H groups in total. The number of aliphatic hydroxyl groups is 1. The van der Waals surface area contributed by atoms with Gasteiger partial charge in [0.05, 0.1) is 35.8 Å². The van der Waals surface area contributed by atoms with Crippen molar-refractivity contribution in [1.82, 2.24) is 4.90 Å². The Morgan fingerprint density at radius 3 is 2.59 bits per heavy atom. The number of anilines is 1. The number of thioether (sulfide) groups is 1. The van der Waals surface area contributed by atoms with Crippen LogP contribution >= 0.6 is 23.4 Å². The number of rotatable bonds is 8. The Morgan fingerprint density at radius 1 is 1.32 bits per heavy atom. The fourth-order valence-corrected chi connectivity index (χ4v) is 8.70. The Balaban J connectivity index is 1.79. The highest BCUT2D eigenvalue weighted by Crippen LogP contribution is 2.69. The van der Waals surface area contributed by atoms with Gasteiger partial charge in [-0.1, -0.05) is 38.8 Å². The molecule has 9 heteroatoms. The van der Waals surface area contributed by atoms with Crippen LogP contribution in [0.15, 0.2) is 24.3 Å². The lowest BCUT2D eigenvalue weighted by Crippen LogP contribution is -2.58. The van der Waals surface area contributed by atoms with E-state index >= 15 is 0 Å². The first-order valence-corrected chi connectivity index (χ1v) is 13.3. The summed E-state index contributed by atoms with van der Waals surface area (Å²) >= 11 is 7.60. The first-order valence-electron chi connectivity index (χ1n) is 12.0. The molecule has 4 rings (SSSR count). The Hall–Kier alpha value is -1.77. The average molecular weight is 509 g/mol. The summed E-state index contributed by atoms with van der Waals surface area (Å²) in [4.78, 5) is 42.6. The molecule has 1 spiro atoms. The van der Waals surface area contributed by atoms with Gasteiger partial charge in [-0.2, -0.15) is 0 Å². The van der Waals surface area contributed by atoms with E-state index in [4.69, 9.17) is 16.3 Å². The largest absolute Gasteiger partial charge is 0.466 e. The molecule has 8 atom stereocenters. The van der Waals surface area contributed by atoms with Crippen LogP contribution in [0.25, 0.3) is 0 Å². The molecular weight excluding hydrogens is 476 g/mol.